The average molecular weight is 391 g/mol. The lowest BCUT2D eigenvalue weighted by molar-refractivity contribution is -0.139. The number of nitrogens with one attached hydrogen (secondary N) is 1. The number of hydrogen-bond acceptors (Lipinski definition) is 4. The van der Waals surface area contributed by atoms with Crippen molar-refractivity contribution in [1.29, 1.82) is 0 Å². The fourth-order valence-corrected chi connectivity index (χ4v) is 3.89. The van der Waals surface area contributed by atoms with Crippen molar-refractivity contribution < 1.29 is 14.3 Å². The van der Waals surface area contributed by atoms with Crippen molar-refractivity contribution in [3.05, 3.63) is 24.3 Å². The second kappa shape index (κ2) is 11.4. The van der Waals surface area contributed by atoms with E-state index in [9.17, 15) is 4.79 Å². The van der Waals surface area contributed by atoms with Crippen LogP contribution in [0, 0.1) is 0 Å². The zero-order valence-corrected chi connectivity index (χ0v) is 18.1. The van der Waals surface area contributed by atoms with E-state index in [1.54, 1.807) is 0 Å². The fourth-order valence-electron chi connectivity index (χ4n) is 3.89. The highest BCUT2D eigenvalue weighted by Gasteiger charge is 2.32. The van der Waals surface area contributed by atoms with Crippen LogP contribution < -0.4 is 10.1 Å². The van der Waals surface area contributed by atoms with Gasteiger partial charge in [0.1, 0.15) is 11.4 Å². The SMILES string of the molecule is CCC[C@](C)(OCC)C(=O)Nc1ccc(OCCCN2CCCC[C@@H]2C)cc1. The Morgan fingerprint density at radius 1 is 1.25 bits per heavy atom. The Labute approximate surface area is 170 Å². The Morgan fingerprint density at radius 2 is 2.00 bits per heavy atom. The largest absolute Gasteiger partial charge is 0.494 e. The van der Waals surface area contributed by atoms with E-state index in [0.29, 0.717) is 25.7 Å². The molecule has 1 aliphatic rings. The van der Waals surface area contributed by atoms with Crippen molar-refractivity contribution in [2.45, 2.75) is 77.9 Å². The predicted octanol–water partition coefficient (Wildman–Crippen LogP) is 4.86. The average Bonchev–Trinajstić information content (AvgIpc) is 2.68. The van der Waals surface area contributed by atoms with Crippen LogP contribution in [0.4, 0.5) is 5.69 Å². The number of anilines is 1. The van der Waals surface area contributed by atoms with Gasteiger partial charge in [-0.3, -0.25) is 4.79 Å². The molecule has 1 saturated heterocycles. The van der Waals surface area contributed by atoms with Crippen molar-refractivity contribution in [3.8, 4) is 5.75 Å². The first kappa shape index (κ1) is 22.7. The molecule has 1 aliphatic heterocycles. The van der Waals surface area contributed by atoms with Crippen LogP contribution in [0.25, 0.3) is 0 Å². The molecule has 0 aliphatic carbocycles. The molecule has 2 atom stereocenters. The Kier molecular flexibility index (Phi) is 9.26. The van der Waals surface area contributed by atoms with Gasteiger partial charge in [-0.05, 0) is 77.3 Å². The van der Waals surface area contributed by atoms with Crippen LogP contribution in [-0.4, -0.2) is 48.8 Å². The highest BCUT2D eigenvalue weighted by Crippen LogP contribution is 2.22. The first-order valence-electron chi connectivity index (χ1n) is 10.9. The standard InChI is InChI=1S/C23H38N2O3/c1-5-15-23(4,28-6-2)22(26)24-20-11-13-21(14-12-20)27-18-9-17-25-16-8-7-10-19(25)3/h11-14,19H,5-10,15-18H2,1-4H3,(H,24,26)/t19-,23-/m0/s1. The smallest absolute Gasteiger partial charge is 0.256 e. The molecule has 158 valence electrons. The Balaban J connectivity index is 1.77. The lowest BCUT2D eigenvalue weighted by Crippen LogP contribution is -2.42. The molecule has 0 saturated carbocycles. The first-order chi connectivity index (χ1) is 13.5. The number of hydrogen-bond donors (Lipinski definition) is 1. The summed E-state index contributed by atoms with van der Waals surface area (Å²) in [6.45, 7) is 11.7. The Bertz CT molecular complexity index is 582. The summed E-state index contributed by atoms with van der Waals surface area (Å²) in [5, 5.41) is 2.97. The van der Waals surface area contributed by atoms with E-state index in [1.807, 2.05) is 38.1 Å². The highest BCUT2D eigenvalue weighted by molar-refractivity contribution is 5.97. The number of likely N-dealkylation sites (tertiary alicyclic amines) is 1. The van der Waals surface area contributed by atoms with Gasteiger partial charge in [-0.15, -0.1) is 0 Å². The van der Waals surface area contributed by atoms with Gasteiger partial charge in [0.2, 0.25) is 0 Å². The molecule has 1 N–H and O–H groups in total. The summed E-state index contributed by atoms with van der Waals surface area (Å²) in [7, 11) is 0. The molecule has 28 heavy (non-hydrogen) atoms. The van der Waals surface area contributed by atoms with Crippen LogP contribution in [0.15, 0.2) is 24.3 Å². The maximum atomic E-state index is 12.6. The van der Waals surface area contributed by atoms with E-state index in [0.717, 1.165) is 30.8 Å². The number of carbonyl (C=O) groups is 1. The quantitative estimate of drug-likeness (QED) is 0.548. The van der Waals surface area contributed by atoms with Gasteiger partial charge in [0.25, 0.3) is 5.91 Å². The van der Waals surface area contributed by atoms with Crippen molar-refractivity contribution in [1.82, 2.24) is 4.90 Å². The second-order valence-corrected chi connectivity index (χ2v) is 7.98. The fraction of sp³-hybridized carbons (Fsp3) is 0.696. The molecule has 0 bridgehead atoms. The number of rotatable bonds is 11. The Morgan fingerprint density at radius 3 is 2.64 bits per heavy atom. The number of nitrogens with zero attached hydrogens (tertiary/aromatic N) is 1. The maximum Gasteiger partial charge on any atom is 0.256 e. The zero-order valence-electron chi connectivity index (χ0n) is 18.1. The van der Waals surface area contributed by atoms with Gasteiger partial charge in [-0.25, -0.2) is 0 Å². The van der Waals surface area contributed by atoms with Crippen LogP contribution in [0.1, 0.15) is 66.2 Å². The minimum Gasteiger partial charge on any atom is -0.494 e. The summed E-state index contributed by atoms with van der Waals surface area (Å²) in [6.07, 6.45) is 6.62. The van der Waals surface area contributed by atoms with E-state index in [-0.39, 0.29) is 5.91 Å². The lowest BCUT2D eigenvalue weighted by Gasteiger charge is -2.33. The molecule has 5 nitrogen and oxygen atoms in total. The van der Waals surface area contributed by atoms with Crippen LogP contribution in [0.2, 0.25) is 0 Å². The number of carbonyl (C=O) groups excluding carboxylic acids is 1. The van der Waals surface area contributed by atoms with Crippen molar-refractivity contribution >= 4 is 11.6 Å². The van der Waals surface area contributed by atoms with E-state index in [1.165, 1.54) is 25.8 Å². The first-order valence-corrected chi connectivity index (χ1v) is 10.9. The van der Waals surface area contributed by atoms with Crippen molar-refractivity contribution in [2.24, 2.45) is 0 Å². The monoisotopic (exact) mass is 390 g/mol. The van der Waals surface area contributed by atoms with Gasteiger partial charge >= 0.3 is 0 Å². The third kappa shape index (κ3) is 6.78. The molecule has 0 spiro atoms. The summed E-state index contributed by atoms with van der Waals surface area (Å²) >= 11 is 0. The zero-order chi connectivity index (χ0) is 20.4. The van der Waals surface area contributed by atoms with Gasteiger partial charge in [0.05, 0.1) is 6.61 Å². The van der Waals surface area contributed by atoms with E-state index < -0.39 is 5.60 Å². The third-order valence-corrected chi connectivity index (χ3v) is 5.58. The van der Waals surface area contributed by atoms with Crippen LogP contribution in [-0.2, 0) is 9.53 Å². The van der Waals surface area contributed by atoms with E-state index in [2.05, 4.69) is 24.1 Å². The number of amides is 1. The molecule has 2 rings (SSSR count). The third-order valence-electron chi connectivity index (χ3n) is 5.58. The molecule has 0 aromatic heterocycles. The summed E-state index contributed by atoms with van der Waals surface area (Å²) in [5.41, 5.74) is -0.0221. The van der Waals surface area contributed by atoms with E-state index >= 15 is 0 Å². The normalized spacial score (nSPS) is 19.8. The summed E-state index contributed by atoms with van der Waals surface area (Å²) < 4.78 is 11.6. The molecule has 1 aromatic carbocycles. The molecular formula is C23H38N2O3. The number of piperidine rings is 1. The Hall–Kier alpha value is -1.59. The molecule has 1 fully saturated rings. The van der Waals surface area contributed by atoms with Gasteiger partial charge in [-0.1, -0.05) is 19.8 Å². The van der Waals surface area contributed by atoms with Crippen molar-refractivity contribution in [2.75, 3.05) is 31.6 Å². The summed E-state index contributed by atoms with van der Waals surface area (Å²) in [5.74, 6) is 0.742. The van der Waals surface area contributed by atoms with Gasteiger partial charge in [0.15, 0.2) is 0 Å². The van der Waals surface area contributed by atoms with E-state index in [4.69, 9.17) is 9.47 Å². The van der Waals surface area contributed by atoms with Gasteiger partial charge < -0.3 is 19.7 Å². The van der Waals surface area contributed by atoms with Crippen LogP contribution in [0.5, 0.6) is 5.75 Å². The minimum atomic E-state index is -0.787. The van der Waals surface area contributed by atoms with Crippen molar-refractivity contribution in [3.63, 3.8) is 0 Å². The van der Waals surface area contributed by atoms with Crippen LogP contribution >= 0.6 is 0 Å². The molecule has 1 heterocycles. The lowest BCUT2D eigenvalue weighted by atomic mass is 9.99. The van der Waals surface area contributed by atoms with Gasteiger partial charge in [0, 0.05) is 24.9 Å². The minimum absolute atomic E-state index is 0.0967. The topological polar surface area (TPSA) is 50.8 Å². The molecule has 1 amide bonds. The molecule has 5 heteroatoms. The van der Waals surface area contributed by atoms with Crippen LogP contribution in [0.3, 0.4) is 0 Å². The molecule has 0 unspecified atom stereocenters. The molecule has 0 radical (unpaired) electrons. The molecular weight excluding hydrogens is 352 g/mol. The maximum absolute atomic E-state index is 12.6. The second-order valence-electron chi connectivity index (χ2n) is 7.98. The summed E-state index contributed by atoms with van der Waals surface area (Å²) in [4.78, 5) is 15.2. The highest BCUT2D eigenvalue weighted by atomic mass is 16.5. The summed E-state index contributed by atoms with van der Waals surface area (Å²) in [6, 6.07) is 8.30. The van der Waals surface area contributed by atoms with Gasteiger partial charge in [-0.2, -0.15) is 0 Å². The number of ether oxygens (including phenoxy) is 2. The predicted molar refractivity (Wildman–Crippen MR) is 115 cm³/mol. The molecule has 1 aromatic rings. The number of benzene rings is 1.